The lowest BCUT2D eigenvalue weighted by atomic mass is 10.0. The van der Waals surface area contributed by atoms with Crippen molar-refractivity contribution in [3.8, 4) is 0 Å². The van der Waals surface area contributed by atoms with Gasteiger partial charge in [-0.15, -0.1) is 11.8 Å². The average molecular weight is 454 g/mol. The Morgan fingerprint density at radius 2 is 1.66 bits per heavy atom. The van der Waals surface area contributed by atoms with Crippen LogP contribution in [0.2, 0.25) is 0 Å². The minimum absolute atomic E-state index is 0.0690. The SMILES string of the molecule is O=C(c1cccc(F)c1)N1CCSC12C(=O)N(Cc1cccc(F)c1)c1ccc(F)cc12. The fourth-order valence-electron chi connectivity index (χ4n) is 4.34. The molecule has 3 aromatic carbocycles. The highest BCUT2D eigenvalue weighted by Gasteiger charge is 2.59. The Hall–Kier alpha value is -3.26. The van der Waals surface area contributed by atoms with Crippen molar-refractivity contribution in [2.45, 2.75) is 11.4 Å². The van der Waals surface area contributed by atoms with Crippen molar-refractivity contribution >= 4 is 29.3 Å². The molecule has 8 heteroatoms. The second-order valence-corrected chi connectivity index (χ2v) is 8.93. The maximum absolute atomic E-state index is 14.3. The lowest BCUT2D eigenvalue weighted by Crippen LogP contribution is -2.50. The number of carbonyl (C=O) groups excluding carboxylic acids is 2. The molecular weight excluding hydrogens is 437 g/mol. The van der Waals surface area contributed by atoms with Crippen molar-refractivity contribution in [2.75, 3.05) is 17.2 Å². The number of carbonyl (C=O) groups is 2. The zero-order valence-corrected chi connectivity index (χ0v) is 17.5. The monoisotopic (exact) mass is 454 g/mol. The summed E-state index contributed by atoms with van der Waals surface area (Å²) in [5, 5.41) is 0. The molecule has 0 saturated carbocycles. The van der Waals surface area contributed by atoms with Gasteiger partial charge in [0.25, 0.3) is 11.8 Å². The second-order valence-electron chi connectivity index (χ2n) is 7.64. The van der Waals surface area contributed by atoms with Crippen LogP contribution in [0.4, 0.5) is 18.9 Å². The van der Waals surface area contributed by atoms with Crippen LogP contribution in [0.3, 0.4) is 0 Å². The van der Waals surface area contributed by atoms with Crippen molar-refractivity contribution < 1.29 is 22.8 Å². The van der Waals surface area contributed by atoms with E-state index in [-0.39, 0.29) is 18.7 Å². The Kier molecular flexibility index (Phi) is 4.97. The smallest absolute Gasteiger partial charge is 0.268 e. The van der Waals surface area contributed by atoms with Crippen LogP contribution in [0.15, 0.2) is 66.7 Å². The topological polar surface area (TPSA) is 40.6 Å². The van der Waals surface area contributed by atoms with Crippen LogP contribution < -0.4 is 4.90 Å². The predicted octanol–water partition coefficient (Wildman–Crippen LogP) is 4.69. The van der Waals surface area contributed by atoms with Crippen LogP contribution in [-0.2, 0) is 16.2 Å². The summed E-state index contributed by atoms with van der Waals surface area (Å²) in [6, 6.07) is 15.2. The largest absolute Gasteiger partial charge is 0.311 e. The number of thioether (sulfide) groups is 1. The Morgan fingerprint density at radius 1 is 0.938 bits per heavy atom. The van der Waals surface area contributed by atoms with Gasteiger partial charge in [0, 0.05) is 23.4 Å². The lowest BCUT2D eigenvalue weighted by Gasteiger charge is -2.33. The van der Waals surface area contributed by atoms with E-state index in [1.807, 2.05) is 0 Å². The van der Waals surface area contributed by atoms with Gasteiger partial charge in [0.1, 0.15) is 17.5 Å². The maximum atomic E-state index is 14.3. The molecule has 2 amide bonds. The number of hydrogen-bond donors (Lipinski definition) is 0. The molecule has 2 aliphatic heterocycles. The van der Waals surface area contributed by atoms with E-state index in [0.717, 1.165) is 6.07 Å². The first-order valence-corrected chi connectivity index (χ1v) is 11.0. The summed E-state index contributed by atoms with van der Waals surface area (Å²) in [5.74, 6) is -1.99. The van der Waals surface area contributed by atoms with Crippen LogP contribution >= 0.6 is 11.8 Å². The van der Waals surface area contributed by atoms with Crippen molar-refractivity contribution in [3.05, 3.63) is 101 Å². The zero-order chi connectivity index (χ0) is 22.5. The van der Waals surface area contributed by atoms with E-state index in [1.54, 1.807) is 12.1 Å². The Morgan fingerprint density at radius 3 is 2.41 bits per heavy atom. The lowest BCUT2D eigenvalue weighted by molar-refractivity contribution is -0.123. The fourth-order valence-corrected chi connectivity index (χ4v) is 5.79. The number of rotatable bonds is 3. The van der Waals surface area contributed by atoms with Gasteiger partial charge in [0.05, 0.1) is 12.2 Å². The van der Waals surface area contributed by atoms with Gasteiger partial charge >= 0.3 is 0 Å². The number of hydrogen-bond acceptors (Lipinski definition) is 3. The summed E-state index contributed by atoms with van der Waals surface area (Å²) in [7, 11) is 0. The molecule has 162 valence electrons. The standard InChI is InChI=1S/C24H17F3N2O2S/c25-17-5-1-3-15(11-17)14-28-21-8-7-19(27)13-20(21)24(23(28)31)29(9-10-32-24)22(30)16-4-2-6-18(26)12-16/h1-8,11-13H,9-10,14H2. The number of amides is 2. The summed E-state index contributed by atoms with van der Waals surface area (Å²) >= 11 is 1.24. The van der Waals surface area contributed by atoms with E-state index in [4.69, 9.17) is 0 Å². The Bertz CT molecular complexity index is 1250. The summed E-state index contributed by atoms with van der Waals surface area (Å²) < 4.78 is 41.8. The normalized spacial score (nSPS) is 19.7. The van der Waals surface area contributed by atoms with Crippen molar-refractivity contribution in [2.24, 2.45) is 0 Å². The third-order valence-corrected chi connectivity index (χ3v) is 7.12. The maximum Gasteiger partial charge on any atom is 0.268 e. The predicted molar refractivity (Wildman–Crippen MR) is 116 cm³/mol. The van der Waals surface area contributed by atoms with Gasteiger partial charge in [-0.25, -0.2) is 13.2 Å². The quantitative estimate of drug-likeness (QED) is 0.577. The van der Waals surface area contributed by atoms with Crippen molar-refractivity contribution in [1.82, 2.24) is 4.90 Å². The molecule has 2 aliphatic rings. The van der Waals surface area contributed by atoms with Crippen molar-refractivity contribution in [3.63, 3.8) is 0 Å². The molecule has 1 spiro atoms. The van der Waals surface area contributed by atoms with Crippen LogP contribution in [0.25, 0.3) is 0 Å². The highest BCUT2D eigenvalue weighted by molar-refractivity contribution is 8.01. The van der Waals surface area contributed by atoms with E-state index in [0.29, 0.717) is 22.6 Å². The molecular formula is C24H17F3N2O2S. The second kappa shape index (κ2) is 7.70. The Balaban J connectivity index is 1.60. The molecule has 0 aliphatic carbocycles. The molecule has 0 bridgehead atoms. The van der Waals surface area contributed by atoms with Gasteiger partial charge in [-0.1, -0.05) is 18.2 Å². The summed E-state index contributed by atoms with van der Waals surface area (Å²) in [6.07, 6.45) is 0. The highest BCUT2D eigenvalue weighted by atomic mass is 32.2. The molecule has 1 unspecified atom stereocenters. The first kappa shape index (κ1) is 20.6. The van der Waals surface area contributed by atoms with Crippen LogP contribution in [0, 0.1) is 17.5 Å². The minimum atomic E-state index is -1.46. The molecule has 1 fully saturated rings. The number of halogens is 3. The van der Waals surface area contributed by atoms with E-state index in [9.17, 15) is 22.8 Å². The molecule has 0 N–H and O–H groups in total. The van der Waals surface area contributed by atoms with E-state index in [2.05, 4.69) is 0 Å². The number of anilines is 1. The molecule has 2 heterocycles. The molecule has 3 aromatic rings. The Labute approximate surface area is 186 Å². The molecule has 1 saturated heterocycles. The molecule has 0 aromatic heterocycles. The number of benzene rings is 3. The van der Waals surface area contributed by atoms with E-state index >= 15 is 0 Å². The van der Waals surface area contributed by atoms with Crippen LogP contribution in [0.1, 0.15) is 21.5 Å². The van der Waals surface area contributed by atoms with Crippen molar-refractivity contribution in [1.29, 1.82) is 0 Å². The summed E-state index contributed by atoms with van der Waals surface area (Å²) in [5.41, 5.74) is 1.51. The molecule has 5 rings (SSSR count). The third kappa shape index (κ3) is 3.17. The molecule has 32 heavy (non-hydrogen) atoms. The van der Waals surface area contributed by atoms with Crippen LogP contribution in [-0.4, -0.2) is 29.0 Å². The highest BCUT2D eigenvalue weighted by Crippen LogP contribution is 2.54. The first-order valence-electron chi connectivity index (χ1n) is 9.98. The van der Waals surface area contributed by atoms with Gasteiger partial charge in [-0.3, -0.25) is 9.59 Å². The van der Waals surface area contributed by atoms with E-state index in [1.165, 1.54) is 70.1 Å². The fraction of sp³-hybridized carbons (Fsp3) is 0.167. The average Bonchev–Trinajstić information content (AvgIpc) is 3.30. The number of nitrogens with zero attached hydrogens (tertiary/aromatic N) is 2. The van der Waals surface area contributed by atoms with Crippen LogP contribution in [0.5, 0.6) is 0 Å². The molecule has 1 atom stereocenters. The van der Waals surface area contributed by atoms with E-state index < -0.39 is 34.1 Å². The van der Waals surface area contributed by atoms with Gasteiger partial charge in [0.2, 0.25) is 0 Å². The van der Waals surface area contributed by atoms with Gasteiger partial charge < -0.3 is 9.80 Å². The number of fused-ring (bicyclic) bond motifs is 2. The third-order valence-electron chi connectivity index (χ3n) is 5.70. The molecule has 0 radical (unpaired) electrons. The van der Waals surface area contributed by atoms with Gasteiger partial charge in [0.15, 0.2) is 4.87 Å². The molecule has 4 nitrogen and oxygen atoms in total. The van der Waals surface area contributed by atoms with Gasteiger partial charge in [-0.05, 0) is 54.1 Å². The minimum Gasteiger partial charge on any atom is -0.311 e. The first-order chi connectivity index (χ1) is 15.4. The zero-order valence-electron chi connectivity index (χ0n) is 16.7. The summed E-state index contributed by atoms with van der Waals surface area (Å²) in [4.78, 5) is 28.5. The summed E-state index contributed by atoms with van der Waals surface area (Å²) in [6.45, 7) is 0.315. The van der Waals surface area contributed by atoms with Gasteiger partial charge in [-0.2, -0.15) is 0 Å².